The fourth-order valence-corrected chi connectivity index (χ4v) is 3.45. The summed E-state index contributed by atoms with van der Waals surface area (Å²) in [7, 11) is 4.18. The minimum Gasteiger partial charge on any atom is -0.342 e. The van der Waals surface area contributed by atoms with Crippen molar-refractivity contribution in [2.75, 3.05) is 27.2 Å². The van der Waals surface area contributed by atoms with Gasteiger partial charge in [0.2, 0.25) is 6.41 Å². The van der Waals surface area contributed by atoms with Crippen molar-refractivity contribution in [1.29, 1.82) is 0 Å². The van der Waals surface area contributed by atoms with E-state index in [4.69, 9.17) is 0 Å². The summed E-state index contributed by atoms with van der Waals surface area (Å²) >= 11 is 0. The highest BCUT2D eigenvalue weighted by Gasteiger charge is 2.44. The summed E-state index contributed by atoms with van der Waals surface area (Å²) in [5, 5.41) is 6.01. The van der Waals surface area contributed by atoms with Crippen LogP contribution in [-0.2, 0) is 15.1 Å². The first-order valence-corrected chi connectivity index (χ1v) is 11.7. The highest BCUT2D eigenvalue weighted by molar-refractivity contribution is 5.74. The maximum absolute atomic E-state index is 11.9. The summed E-state index contributed by atoms with van der Waals surface area (Å²) < 4.78 is 0. The number of carbonyl (C=O) groups excluding carboxylic acids is 2. The monoisotopic (exact) mass is 443 g/mol. The molecule has 32 heavy (non-hydrogen) atoms. The van der Waals surface area contributed by atoms with Gasteiger partial charge in [-0.05, 0) is 45.5 Å². The van der Waals surface area contributed by atoms with Gasteiger partial charge in [-0.25, -0.2) is 0 Å². The molecule has 1 aromatic rings. The molecule has 5 nitrogen and oxygen atoms in total. The standard InChI is InChI=1S/C19H25NO2.C8H20N2/c1-4-5-6-7-11-14-18(2,3)19(15-21,20-16-22)17-12-9-8-10-13-17;1-5-8(9-3)7-10(4)6-2/h5-6,8-16H,4,7H2,1-3H3,(H,20,22);8-9H,5-7H2,1-4H3/b6-5-,14-11-;. The van der Waals surface area contributed by atoms with E-state index < -0.39 is 11.0 Å². The van der Waals surface area contributed by atoms with Crippen molar-refractivity contribution >= 4 is 12.7 Å². The fourth-order valence-electron chi connectivity index (χ4n) is 3.45. The lowest BCUT2D eigenvalue weighted by Crippen LogP contribution is -2.53. The van der Waals surface area contributed by atoms with E-state index in [9.17, 15) is 9.59 Å². The van der Waals surface area contributed by atoms with Crippen LogP contribution in [0.5, 0.6) is 0 Å². The number of nitrogens with one attached hydrogen (secondary N) is 2. The third-order valence-corrected chi connectivity index (χ3v) is 5.89. The molecule has 0 saturated carbocycles. The van der Waals surface area contributed by atoms with Crippen LogP contribution in [0.1, 0.15) is 59.4 Å². The minimum absolute atomic E-state index is 0.558. The SMILES string of the molecule is CC/C=C\C/C=C\C(C)(C)C(C=O)(NC=O)c1ccccc1.CCC(CN(C)CC)NC. The number of carbonyl (C=O) groups is 2. The normalized spacial score (nSPS) is 14.6. The van der Waals surface area contributed by atoms with E-state index in [2.05, 4.69) is 55.5 Å². The van der Waals surface area contributed by atoms with Gasteiger partial charge in [-0.15, -0.1) is 0 Å². The Bertz CT molecular complexity index is 681. The molecule has 1 amide bonds. The maximum atomic E-state index is 11.9. The van der Waals surface area contributed by atoms with Crippen LogP contribution in [0.25, 0.3) is 0 Å². The first-order chi connectivity index (χ1) is 15.3. The molecule has 2 atom stereocenters. The Kier molecular flexibility index (Phi) is 15.3. The molecular weight excluding hydrogens is 398 g/mol. The zero-order valence-electron chi connectivity index (χ0n) is 21.2. The van der Waals surface area contributed by atoms with Crippen molar-refractivity contribution in [2.24, 2.45) is 5.41 Å². The predicted octanol–water partition coefficient (Wildman–Crippen LogP) is 4.70. The van der Waals surface area contributed by atoms with E-state index in [1.165, 1.54) is 6.42 Å². The van der Waals surface area contributed by atoms with E-state index in [0.717, 1.165) is 37.8 Å². The second kappa shape index (κ2) is 16.4. The molecule has 2 N–H and O–H groups in total. The molecule has 0 bridgehead atoms. The van der Waals surface area contributed by atoms with Crippen LogP contribution in [0.4, 0.5) is 0 Å². The molecule has 0 aliphatic heterocycles. The number of hydrogen-bond donors (Lipinski definition) is 2. The number of likely N-dealkylation sites (N-methyl/N-ethyl adjacent to an activating group) is 2. The van der Waals surface area contributed by atoms with Gasteiger partial charge in [-0.3, -0.25) is 4.79 Å². The van der Waals surface area contributed by atoms with Crippen molar-refractivity contribution in [3.8, 4) is 0 Å². The lowest BCUT2D eigenvalue weighted by Gasteiger charge is -2.41. The second-order valence-corrected chi connectivity index (χ2v) is 8.54. The van der Waals surface area contributed by atoms with Gasteiger partial charge in [0, 0.05) is 18.0 Å². The van der Waals surface area contributed by atoms with E-state index >= 15 is 0 Å². The molecule has 5 heteroatoms. The Balaban J connectivity index is 0.000000809. The zero-order chi connectivity index (χ0) is 24.5. The Labute approximate surface area is 196 Å². The van der Waals surface area contributed by atoms with E-state index in [0.29, 0.717) is 12.5 Å². The molecule has 0 aromatic heterocycles. The van der Waals surface area contributed by atoms with Crippen molar-refractivity contribution in [3.05, 3.63) is 60.2 Å². The summed E-state index contributed by atoms with van der Waals surface area (Å²) in [6.07, 6.45) is 12.6. The Hall–Kier alpha value is -2.24. The Morgan fingerprint density at radius 2 is 1.69 bits per heavy atom. The Morgan fingerprint density at radius 3 is 2.16 bits per heavy atom. The van der Waals surface area contributed by atoms with Crippen molar-refractivity contribution < 1.29 is 9.59 Å². The summed E-state index contributed by atoms with van der Waals surface area (Å²) in [6.45, 7) is 12.7. The summed E-state index contributed by atoms with van der Waals surface area (Å²) in [5.41, 5.74) is -0.867. The molecule has 1 rings (SSSR count). The molecule has 0 aliphatic rings. The van der Waals surface area contributed by atoms with Crippen LogP contribution in [-0.4, -0.2) is 50.8 Å². The number of allylic oxidation sites excluding steroid dienone is 3. The molecule has 0 aliphatic carbocycles. The first-order valence-electron chi connectivity index (χ1n) is 11.7. The van der Waals surface area contributed by atoms with Crippen molar-refractivity contribution in [1.82, 2.24) is 15.5 Å². The number of aldehydes is 1. The molecule has 0 spiro atoms. The topological polar surface area (TPSA) is 61.4 Å². The molecule has 0 heterocycles. The van der Waals surface area contributed by atoms with Gasteiger partial charge in [-0.1, -0.05) is 89.3 Å². The van der Waals surface area contributed by atoms with Gasteiger partial charge >= 0.3 is 0 Å². The maximum Gasteiger partial charge on any atom is 0.208 e. The number of hydrogen-bond acceptors (Lipinski definition) is 4. The molecule has 180 valence electrons. The number of benzene rings is 1. The van der Waals surface area contributed by atoms with E-state index in [1.54, 1.807) is 0 Å². The number of nitrogens with zero attached hydrogens (tertiary/aromatic N) is 1. The largest absolute Gasteiger partial charge is 0.342 e. The van der Waals surface area contributed by atoms with Crippen LogP contribution in [0.3, 0.4) is 0 Å². The van der Waals surface area contributed by atoms with Crippen LogP contribution in [0, 0.1) is 5.41 Å². The zero-order valence-corrected chi connectivity index (χ0v) is 21.2. The van der Waals surface area contributed by atoms with Crippen molar-refractivity contribution in [3.63, 3.8) is 0 Å². The molecular formula is C27H45N3O2. The average molecular weight is 444 g/mol. The van der Waals surface area contributed by atoms with Gasteiger partial charge < -0.3 is 20.3 Å². The van der Waals surface area contributed by atoms with Crippen LogP contribution in [0.2, 0.25) is 0 Å². The molecule has 1 aromatic carbocycles. The lowest BCUT2D eigenvalue weighted by molar-refractivity contribution is -0.123. The van der Waals surface area contributed by atoms with Crippen molar-refractivity contribution in [2.45, 2.75) is 65.5 Å². The molecule has 0 fully saturated rings. The summed E-state index contributed by atoms with van der Waals surface area (Å²) in [5.74, 6) is 0. The van der Waals surface area contributed by atoms with Gasteiger partial charge in [0.05, 0.1) is 0 Å². The van der Waals surface area contributed by atoms with Gasteiger partial charge in [0.25, 0.3) is 0 Å². The fraction of sp³-hybridized carbons (Fsp3) is 0.556. The second-order valence-electron chi connectivity index (χ2n) is 8.54. The van der Waals surface area contributed by atoms with Gasteiger partial charge in [0.1, 0.15) is 5.54 Å². The summed E-state index contributed by atoms with van der Waals surface area (Å²) in [4.78, 5) is 25.4. The molecule has 0 radical (unpaired) electrons. The quantitative estimate of drug-likeness (QED) is 0.323. The highest BCUT2D eigenvalue weighted by Crippen LogP contribution is 2.39. The predicted molar refractivity (Wildman–Crippen MR) is 137 cm³/mol. The highest BCUT2D eigenvalue weighted by atomic mass is 16.1. The minimum atomic E-state index is -1.08. The molecule has 0 saturated heterocycles. The smallest absolute Gasteiger partial charge is 0.208 e. The Morgan fingerprint density at radius 1 is 1.03 bits per heavy atom. The van der Waals surface area contributed by atoms with Gasteiger partial charge in [-0.2, -0.15) is 0 Å². The van der Waals surface area contributed by atoms with E-state index in [1.807, 2.05) is 63.4 Å². The number of rotatable bonds is 14. The van der Waals surface area contributed by atoms with Crippen LogP contribution >= 0.6 is 0 Å². The third-order valence-electron chi connectivity index (χ3n) is 5.89. The third kappa shape index (κ3) is 9.49. The summed E-state index contributed by atoms with van der Waals surface area (Å²) in [6, 6.07) is 9.99. The van der Waals surface area contributed by atoms with Crippen LogP contribution < -0.4 is 10.6 Å². The lowest BCUT2D eigenvalue weighted by atomic mass is 9.68. The molecule has 2 unspecified atom stereocenters. The van der Waals surface area contributed by atoms with E-state index in [-0.39, 0.29) is 0 Å². The average Bonchev–Trinajstić information content (AvgIpc) is 2.81. The first kappa shape index (κ1) is 29.8. The number of amides is 1. The van der Waals surface area contributed by atoms with Crippen LogP contribution in [0.15, 0.2) is 54.6 Å². The van der Waals surface area contributed by atoms with Gasteiger partial charge in [0.15, 0.2) is 6.29 Å².